The molecule has 88 valence electrons. The van der Waals surface area contributed by atoms with Crippen molar-refractivity contribution < 1.29 is 0 Å². The van der Waals surface area contributed by atoms with E-state index in [1.165, 1.54) is 32.1 Å². The molecule has 0 unspecified atom stereocenters. The molecule has 0 aromatic rings. The van der Waals surface area contributed by atoms with E-state index in [0.29, 0.717) is 10.8 Å². The molecule has 15 heavy (non-hydrogen) atoms. The molecule has 3 aliphatic rings. The van der Waals surface area contributed by atoms with Gasteiger partial charge in [0.1, 0.15) is 0 Å². The highest BCUT2D eigenvalue weighted by Crippen LogP contribution is 2.78. The Kier molecular flexibility index (Phi) is 2.15. The lowest BCUT2D eigenvalue weighted by atomic mass is 9.31. The summed E-state index contributed by atoms with van der Waals surface area (Å²) in [6, 6.07) is 0. The molecular weight excluding hydrogens is 180 g/mol. The molecule has 0 atom stereocenters. The monoisotopic (exact) mass is 208 g/mol. The van der Waals surface area contributed by atoms with Crippen molar-refractivity contribution in [1.29, 1.82) is 0 Å². The molecule has 0 spiro atoms. The second-order valence-corrected chi connectivity index (χ2v) is 9.01. The van der Waals surface area contributed by atoms with Gasteiger partial charge in [0, 0.05) is 0 Å². The summed E-state index contributed by atoms with van der Waals surface area (Å²) in [6.45, 7) is 14.4. The molecule has 0 N–H and O–H groups in total. The van der Waals surface area contributed by atoms with E-state index in [9.17, 15) is 0 Å². The maximum Gasteiger partial charge on any atom is -0.0277 e. The highest BCUT2D eigenvalue weighted by molar-refractivity contribution is 5.18. The maximum atomic E-state index is 2.39. The third-order valence-electron chi connectivity index (χ3n) is 4.06. The van der Waals surface area contributed by atoms with Crippen molar-refractivity contribution in [2.24, 2.45) is 21.7 Å². The Morgan fingerprint density at radius 2 is 0.933 bits per heavy atom. The fourth-order valence-corrected chi connectivity index (χ4v) is 4.86. The fourth-order valence-electron chi connectivity index (χ4n) is 4.86. The minimum absolute atomic E-state index is 0.536. The average molecular weight is 208 g/mol. The van der Waals surface area contributed by atoms with Crippen molar-refractivity contribution >= 4 is 0 Å². The molecular formula is C15H28. The summed E-state index contributed by atoms with van der Waals surface area (Å²) in [5.74, 6) is 0. The van der Waals surface area contributed by atoms with E-state index in [-0.39, 0.29) is 0 Å². The lowest BCUT2D eigenvalue weighted by Gasteiger charge is -2.74. The first kappa shape index (κ1) is 11.5. The minimum atomic E-state index is 0.536. The topological polar surface area (TPSA) is 0 Å². The van der Waals surface area contributed by atoms with Crippen LogP contribution in [0.3, 0.4) is 0 Å². The number of hydrogen-bond acceptors (Lipinski definition) is 0. The van der Waals surface area contributed by atoms with Gasteiger partial charge >= 0.3 is 0 Å². The van der Waals surface area contributed by atoms with Crippen molar-refractivity contribution in [3.63, 3.8) is 0 Å². The normalized spacial score (nSPS) is 39.6. The largest absolute Gasteiger partial charge is 0.0602 e. The zero-order valence-electron chi connectivity index (χ0n) is 11.5. The van der Waals surface area contributed by atoms with E-state index >= 15 is 0 Å². The lowest BCUT2D eigenvalue weighted by molar-refractivity contribution is -0.233. The van der Waals surface area contributed by atoms with Crippen LogP contribution < -0.4 is 0 Å². The lowest BCUT2D eigenvalue weighted by Crippen LogP contribution is -2.63. The van der Waals surface area contributed by atoms with Crippen molar-refractivity contribution in [1.82, 2.24) is 0 Å². The van der Waals surface area contributed by atoms with Gasteiger partial charge in [0.05, 0.1) is 0 Å². The Morgan fingerprint density at radius 3 is 1.13 bits per heavy atom. The van der Waals surface area contributed by atoms with Crippen LogP contribution in [0.4, 0.5) is 0 Å². The summed E-state index contributed by atoms with van der Waals surface area (Å²) in [5, 5.41) is 0. The Morgan fingerprint density at radius 1 is 0.667 bits per heavy atom. The van der Waals surface area contributed by atoms with Crippen LogP contribution in [0, 0.1) is 21.7 Å². The Hall–Kier alpha value is 0. The van der Waals surface area contributed by atoms with E-state index in [4.69, 9.17) is 0 Å². The summed E-state index contributed by atoms with van der Waals surface area (Å²) in [5.41, 5.74) is 2.63. The van der Waals surface area contributed by atoms with Crippen LogP contribution in [0.1, 0.15) is 73.6 Å². The molecule has 3 fully saturated rings. The van der Waals surface area contributed by atoms with E-state index in [2.05, 4.69) is 41.5 Å². The third kappa shape index (κ3) is 2.24. The number of rotatable bonds is 2. The van der Waals surface area contributed by atoms with Gasteiger partial charge in [-0.3, -0.25) is 0 Å². The molecule has 0 saturated heterocycles. The quantitative estimate of drug-likeness (QED) is 0.597. The standard InChI is InChI=1S/C15H28/c1-12(2,3)7-14-9-15(10-14,11-14)8-13(4,5)6/h7-11H2,1-6H3. The molecule has 3 saturated carbocycles. The molecule has 0 amide bonds. The maximum absolute atomic E-state index is 2.39. The summed E-state index contributed by atoms with van der Waals surface area (Å²) in [7, 11) is 0. The van der Waals surface area contributed by atoms with E-state index in [1.54, 1.807) is 0 Å². The molecule has 0 aromatic carbocycles. The second kappa shape index (κ2) is 2.81. The van der Waals surface area contributed by atoms with Crippen molar-refractivity contribution in [3.8, 4) is 0 Å². The summed E-state index contributed by atoms with van der Waals surface area (Å²) in [6.07, 6.45) is 7.51. The Balaban J connectivity index is 1.85. The predicted octanol–water partition coefficient (Wildman–Crippen LogP) is 5.03. The van der Waals surface area contributed by atoms with Gasteiger partial charge in [-0.2, -0.15) is 0 Å². The van der Waals surface area contributed by atoms with E-state index < -0.39 is 0 Å². The van der Waals surface area contributed by atoms with Gasteiger partial charge in [-0.25, -0.2) is 0 Å². The predicted molar refractivity (Wildman–Crippen MR) is 66.9 cm³/mol. The summed E-state index contributed by atoms with van der Waals surface area (Å²) >= 11 is 0. The summed E-state index contributed by atoms with van der Waals surface area (Å²) in [4.78, 5) is 0. The first-order chi connectivity index (χ1) is 6.54. The van der Waals surface area contributed by atoms with Crippen LogP contribution in [-0.2, 0) is 0 Å². The van der Waals surface area contributed by atoms with E-state index in [0.717, 1.165) is 10.8 Å². The van der Waals surface area contributed by atoms with Gasteiger partial charge in [0.2, 0.25) is 0 Å². The highest BCUT2D eigenvalue weighted by Gasteiger charge is 2.67. The Bertz CT molecular complexity index is 213. The second-order valence-electron chi connectivity index (χ2n) is 9.01. The van der Waals surface area contributed by atoms with Crippen LogP contribution in [-0.4, -0.2) is 0 Å². The molecule has 0 radical (unpaired) electrons. The van der Waals surface area contributed by atoms with Crippen LogP contribution in [0.15, 0.2) is 0 Å². The van der Waals surface area contributed by atoms with Gasteiger partial charge < -0.3 is 0 Å². The zero-order chi connectivity index (χ0) is 11.5. The molecule has 0 aromatic heterocycles. The first-order valence-corrected chi connectivity index (χ1v) is 6.54. The van der Waals surface area contributed by atoms with Gasteiger partial charge in [-0.1, -0.05) is 41.5 Å². The molecule has 3 aliphatic carbocycles. The van der Waals surface area contributed by atoms with Crippen molar-refractivity contribution in [3.05, 3.63) is 0 Å². The van der Waals surface area contributed by atoms with Gasteiger partial charge in [-0.15, -0.1) is 0 Å². The van der Waals surface area contributed by atoms with Gasteiger partial charge in [0.15, 0.2) is 0 Å². The smallest absolute Gasteiger partial charge is 0.0277 e. The first-order valence-electron chi connectivity index (χ1n) is 6.54. The van der Waals surface area contributed by atoms with Crippen molar-refractivity contribution in [2.45, 2.75) is 73.6 Å². The van der Waals surface area contributed by atoms with Gasteiger partial charge in [-0.05, 0) is 53.8 Å². The average Bonchev–Trinajstić information content (AvgIpc) is 1.72. The van der Waals surface area contributed by atoms with Crippen LogP contribution in [0.2, 0.25) is 0 Å². The molecule has 0 heteroatoms. The van der Waals surface area contributed by atoms with Crippen LogP contribution >= 0.6 is 0 Å². The SMILES string of the molecule is CC(C)(C)CC12CC(CC(C)(C)C)(C1)C2. The molecule has 0 nitrogen and oxygen atoms in total. The Labute approximate surface area is 95.8 Å². The minimum Gasteiger partial charge on any atom is -0.0602 e. The third-order valence-corrected chi connectivity index (χ3v) is 4.06. The highest BCUT2D eigenvalue weighted by atomic mass is 14.7. The van der Waals surface area contributed by atoms with Crippen LogP contribution in [0.25, 0.3) is 0 Å². The fraction of sp³-hybridized carbons (Fsp3) is 1.00. The molecule has 2 bridgehead atoms. The molecule has 3 rings (SSSR count). The van der Waals surface area contributed by atoms with Gasteiger partial charge in [0.25, 0.3) is 0 Å². The van der Waals surface area contributed by atoms with E-state index in [1.807, 2.05) is 0 Å². The van der Waals surface area contributed by atoms with Crippen LogP contribution in [0.5, 0.6) is 0 Å². The summed E-state index contributed by atoms with van der Waals surface area (Å²) < 4.78 is 0. The molecule has 0 heterocycles. The zero-order valence-corrected chi connectivity index (χ0v) is 11.5. The molecule has 0 aliphatic heterocycles. The van der Waals surface area contributed by atoms with Crippen molar-refractivity contribution in [2.75, 3.05) is 0 Å². The number of hydrogen-bond donors (Lipinski definition) is 0.